The minimum absolute atomic E-state index is 0.0251. The number of carbonyl (C=O) groups excluding carboxylic acids is 2. The molecule has 1 atom stereocenters. The molecule has 170 valence electrons. The number of aromatic nitrogens is 3. The molecule has 4 aliphatic rings. The van der Waals surface area contributed by atoms with Crippen LogP contribution in [0.5, 0.6) is 0 Å². The van der Waals surface area contributed by atoms with Crippen LogP contribution < -0.4 is 5.56 Å². The molecule has 1 saturated heterocycles. The first-order valence-corrected chi connectivity index (χ1v) is 12.3. The Bertz CT molecular complexity index is 1120. The molecule has 2 aliphatic carbocycles. The molecule has 0 radical (unpaired) electrons. The monoisotopic (exact) mass is 437 g/mol. The highest BCUT2D eigenvalue weighted by molar-refractivity contribution is 5.81. The Morgan fingerprint density at radius 2 is 1.69 bits per heavy atom. The van der Waals surface area contributed by atoms with Gasteiger partial charge in [0, 0.05) is 37.4 Å². The molecule has 32 heavy (non-hydrogen) atoms. The number of piperidine rings is 1. The molecule has 0 unspecified atom stereocenters. The summed E-state index contributed by atoms with van der Waals surface area (Å²) in [6.07, 6.45) is 9.86. The number of fused-ring (bicyclic) bond motifs is 2. The Morgan fingerprint density at radius 1 is 0.938 bits per heavy atom. The summed E-state index contributed by atoms with van der Waals surface area (Å²) in [5.74, 6) is 0.765. The van der Waals surface area contributed by atoms with Gasteiger partial charge in [0.15, 0.2) is 5.65 Å². The lowest BCUT2D eigenvalue weighted by atomic mass is 9.96. The highest BCUT2D eigenvalue weighted by Gasteiger charge is 2.37. The molecule has 2 saturated carbocycles. The van der Waals surface area contributed by atoms with Crippen LogP contribution >= 0.6 is 0 Å². The molecule has 8 heteroatoms. The lowest BCUT2D eigenvalue weighted by molar-refractivity contribution is -0.139. The van der Waals surface area contributed by atoms with E-state index in [2.05, 4.69) is 5.10 Å². The van der Waals surface area contributed by atoms with Gasteiger partial charge in [-0.25, -0.2) is 9.50 Å². The van der Waals surface area contributed by atoms with E-state index < -0.39 is 0 Å². The minimum Gasteiger partial charge on any atom is -0.337 e. The molecule has 2 amide bonds. The topological polar surface area (TPSA) is 90.8 Å². The van der Waals surface area contributed by atoms with Crippen LogP contribution in [0, 0.1) is 11.8 Å². The molecular weight excluding hydrogens is 406 g/mol. The van der Waals surface area contributed by atoms with E-state index in [-0.39, 0.29) is 35.3 Å². The third-order valence-electron chi connectivity index (χ3n) is 7.87. The molecule has 2 aromatic heterocycles. The standard InChI is InChI=1S/C24H31N5O3/c30-22(16-8-9-16)27-12-10-18-17(14-27)24(32)29-21(25-18)13-19(26-29)20-7-3-4-11-28(20)23(31)15-5-1-2-6-15/h13,15-16,20,26H,1-12,14H2/t20-/m0/s1. The summed E-state index contributed by atoms with van der Waals surface area (Å²) < 4.78 is 1.52. The van der Waals surface area contributed by atoms with E-state index in [1.165, 1.54) is 4.52 Å². The van der Waals surface area contributed by atoms with E-state index in [1.54, 1.807) is 0 Å². The number of hydrogen-bond donors (Lipinski definition) is 1. The number of aromatic amines is 1. The van der Waals surface area contributed by atoms with Gasteiger partial charge >= 0.3 is 0 Å². The van der Waals surface area contributed by atoms with E-state index in [0.717, 1.165) is 75.7 Å². The van der Waals surface area contributed by atoms with Crippen molar-refractivity contribution in [2.75, 3.05) is 13.1 Å². The molecule has 2 aromatic rings. The SMILES string of the molecule is O=C(C1CC1)N1CCc2nc3cc([C@@H]4CCCCN4C(=O)C4CCCC4)[nH]n3c(=O)c2C1. The fourth-order valence-electron chi connectivity index (χ4n) is 5.87. The number of rotatable bonds is 3. The van der Waals surface area contributed by atoms with Gasteiger partial charge in [0.1, 0.15) is 0 Å². The largest absolute Gasteiger partial charge is 0.337 e. The number of carbonyl (C=O) groups is 2. The molecule has 4 heterocycles. The van der Waals surface area contributed by atoms with Gasteiger partial charge in [0.05, 0.1) is 29.5 Å². The normalized spacial score (nSPS) is 24.2. The number of likely N-dealkylation sites (tertiary alicyclic amines) is 1. The zero-order chi connectivity index (χ0) is 21.8. The van der Waals surface area contributed by atoms with Crippen molar-refractivity contribution in [1.82, 2.24) is 24.4 Å². The summed E-state index contributed by atoms with van der Waals surface area (Å²) in [5, 5.41) is 3.28. The summed E-state index contributed by atoms with van der Waals surface area (Å²) >= 11 is 0. The Hall–Kier alpha value is -2.64. The van der Waals surface area contributed by atoms with Gasteiger partial charge in [0.25, 0.3) is 5.56 Å². The predicted molar refractivity (Wildman–Crippen MR) is 118 cm³/mol. The number of hydrogen-bond acceptors (Lipinski definition) is 4. The number of amides is 2. The van der Waals surface area contributed by atoms with Crippen molar-refractivity contribution < 1.29 is 9.59 Å². The van der Waals surface area contributed by atoms with Crippen molar-refractivity contribution >= 4 is 17.5 Å². The Balaban J connectivity index is 1.32. The number of nitrogens with zero attached hydrogens (tertiary/aromatic N) is 4. The van der Waals surface area contributed by atoms with Crippen LogP contribution in [0.1, 0.15) is 80.8 Å². The molecule has 0 spiro atoms. The van der Waals surface area contributed by atoms with Crippen LogP contribution in [0.25, 0.3) is 5.65 Å². The third-order valence-corrected chi connectivity index (χ3v) is 7.87. The fraction of sp³-hybridized carbons (Fsp3) is 0.667. The van der Waals surface area contributed by atoms with Crippen LogP contribution in [-0.4, -0.2) is 49.3 Å². The first kappa shape index (κ1) is 20.0. The quantitative estimate of drug-likeness (QED) is 0.799. The maximum Gasteiger partial charge on any atom is 0.277 e. The minimum atomic E-state index is -0.117. The lowest BCUT2D eigenvalue weighted by Gasteiger charge is -2.36. The maximum atomic E-state index is 13.3. The van der Waals surface area contributed by atoms with Crippen LogP contribution in [0.15, 0.2) is 10.9 Å². The van der Waals surface area contributed by atoms with Crippen LogP contribution in [0.3, 0.4) is 0 Å². The van der Waals surface area contributed by atoms with Crippen molar-refractivity contribution in [3.8, 4) is 0 Å². The van der Waals surface area contributed by atoms with Gasteiger partial charge in [-0.3, -0.25) is 19.5 Å². The predicted octanol–water partition coefficient (Wildman–Crippen LogP) is 2.56. The maximum absolute atomic E-state index is 13.3. The second-order valence-electron chi connectivity index (χ2n) is 10.1. The molecule has 0 bridgehead atoms. The average molecular weight is 438 g/mol. The molecule has 1 N–H and O–H groups in total. The third kappa shape index (κ3) is 3.35. The summed E-state index contributed by atoms with van der Waals surface area (Å²) in [7, 11) is 0. The second-order valence-corrected chi connectivity index (χ2v) is 10.1. The van der Waals surface area contributed by atoms with Crippen molar-refractivity contribution in [3.05, 3.63) is 33.4 Å². The zero-order valence-electron chi connectivity index (χ0n) is 18.5. The highest BCUT2D eigenvalue weighted by atomic mass is 16.2. The van der Waals surface area contributed by atoms with E-state index >= 15 is 0 Å². The fourth-order valence-corrected chi connectivity index (χ4v) is 5.87. The Labute approximate surface area is 187 Å². The van der Waals surface area contributed by atoms with Gasteiger partial charge in [-0.15, -0.1) is 0 Å². The zero-order valence-corrected chi connectivity index (χ0v) is 18.5. The number of nitrogens with one attached hydrogen (secondary N) is 1. The molecule has 0 aromatic carbocycles. The van der Waals surface area contributed by atoms with E-state index in [9.17, 15) is 14.4 Å². The van der Waals surface area contributed by atoms with Gasteiger partial charge < -0.3 is 9.80 Å². The summed E-state index contributed by atoms with van der Waals surface area (Å²) in [6.45, 7) is 1.77. The molecule has 2 aliphatic heterocycles. The van der Waals surface area contributed by atoms with Crippen molar-refractivity contribution in [2.24, 2.45) is 11.8 Å². The summed E-state index contributed by atoms with van der Waals surface area (Å²) in [5.41, 5.74) is 2.83. The van der Waals surface area contributed by atoms with Gasteiger partial charge in [-0.2, -0.15) is 0 Å². The van der Waals surface area contributed by atoms with E-state index in [4.69, 9.17) is 4.98 Å². The Morgan fingerprint density at radius 3 is 2.47 bits per heavy atom. The smallest absolute Gasteiger partial charge is 0.277 e. The summed E-state index contributed by atoms with van der Waals surface area (Å²) in [6, 6.07) is 1.93. The first-order chi connectivity index (χ1) is 15.6. The van der Waals surface area contributed by atoms with E-state index in [1.807, 2.05) is 15.9 Å². The van der Waals surface area contributed by atoms with Gasteiger partial charge in [-0.05, 0) is 44.9 Å². The highest BCUT2D eigenvalue weighted by Crippen LogP contribution is 2.35. The molecular formula is C24H31N5O3. The molecule has 6 rings (SSSR count). The van der Waals surface area contributed by atoms with Gasteiger partial charge in [0.2, 0.25) is 11.8 Å². The Kier molecular flexibility index (Phi) is 4.84. The van der Waals surface area contributed by atoms with Crippen LogP contribution in [-0.2, 0) is 22.6 Å². The van der Waals surface area contributed by atoms with Crippen LogP contribution in [0.2, 0.25) is 0 Å². The molecule has 3 fully saturated rings. The van der Waals surface area contributed by atoms with Crippen molar-refractivity contribution in [3.63, 3.8) is 0 Å². The van der Waals surface area contributed by atoms with Crippen LogP contribution in [0.4, 0.5) is 0 Å². The lowest BCUT2D eigenvalue weighted by Crippen LogP contribution is -2.41. The molecule has 8 nitrogen and oxygen atoms in total. The first-order valence-electron chi connectivity index (χ1n) is 12.3. The van der Waals surface area contributed by atoms with Gasteiger partial charge in [-0.1, -0.05) is 12.8 Å². The summed E-state index contributed by atoms with van der Waals surface area (Å²) in [4.78, 5) is 47.7. The second kappa shape index (κ2) is 7.74. The number of H-pyrrole nitrogens is 1. The van der Waals surface area contributed by atoms with E-state index in [0.29, 0.717) is 30.7 Å². The van der Waals surface area contributed by atoms with Crippen molar-refractivity contribution in [2.45, 2.75) is 76.8 Å². The van der Waals surface area contributed by atoms with Crippen molar-refractivity contribution in [1.29, 1.82) is 0 Å². The average Bonchev–Trinajstić information content (AvgIpc) is 3.35.